The van der Waals surface area contributed by atoms with Gasteiger partial charge < -0.3 is 0 Å². The summed E-state index contributed by atoms with van der Waals surface area (Å²) in [5.41, 5.74) is 0. The Morgan fingerprint density at radius 3 is 2.55 bits per heavy atom. The molecule has 1 heterocycles. The molecule has 0 radical (unpaired) electrons. The number of ether oxygens (including phenoxy) is 3. The average molecular weight is 471 g/mol. The van der Waals surface area contributed by atoms with Gasteiger partial charge in [-0.25, -0.2) is 0 Å². The van der Waals surface area contributed by atoms with E-state index in [1.165, 1.54) is 23.2 Å². The second-order valence-corrected chi connectivity index (χ2v) is 14.2. The van der Waals surface area contributed by atoms with Crippen molar-refractivity contribution in [2.75, 3.05) is 13.2 Å². The van der Waals surface area contributed by atoms with Crippen LogP contribution in [0.3, 0.4) is 0 Å². The van der Waals surface area contributed by atoms with Crippen LogP contribution in [-0.4, -0.2) is 31.1 Å². The quantitative estimate of drug-likeness (QED) is 0.351. The number of hydrogen-bond acceptors (Lipinski definition) is 4. The van der Waals surface area contributed by atoms with Crippen LogP contribution in [-0.2, 0) is 43.6 Å². The van der Waals surface area contributed by atoms with Crippen LogP contribution in [0.25, 0.3) is 0 Å². The molecule has 1 unspecified atom stereocenters. The van der Waals surface area contributed by atoms with Gasteiger partial charge in [0.2, 0.25) is 0 Å². The normalized spacial score (nSPS) is 22.9. The van der Waals surface area contributed by atoms with Crippen molar-refractivity contribution in [1.29, 1.82) is 0 Å². The van der Waals surface area contributed by atoms with E-state index in [9.17, 15) is 4.79 Å². The first kappa shape index (κ1) is 18.1. The molecule has 5 heteroatoms. The summed E-state index contributed by atoms with van der Waals surface area (Å²) in [7, 11) is 0. The van der Waals surface area contributed by atoms with E-state index in [0.717, 1.165) is 0 Å². The van der Waals surface area contributed by atoms with Crippen molar-refractivity contribution in [3.63, 3.8) is 0 Å². The zero-order valence-corrected chi connectivity index (χ0v) is 18.5. The molecule has 0 spiro atoms. The Hall–Kier alpha value is 0.0651. The third kappa shape index (κ3) is 8.37. The Morgan fingerprint density at radius 2 is 2.10 bits per heavy atom. The molecule has 0 aromatic rings. The number of carbonyl (C=O) groups is 1. The van der Waals surface area contributed by atoms with Crippen LogP contribution >= 0.6 is 0 Å². The van der Waals surface area contributed by atoms with E-state index >= 15 is 0 Å². The summed E-state index contributed by atoms with van der Waals surface area (Å²) in [4.78, 5) is 11.3. The van der Waals surface area contributed by atoms with Gasteiger partial charge in [-0.1, -0.05) is 12.2 Å². The van der Waals surface area contributed by atoms with E-state index in [-0.39, 0.29) is 12.1 Å². The topological polar surface area (TPSA) is 44.8 Å². The fourth-order valence-electron chi connectivity index (χ4n) is 2.01. The van der Waals surface area contributed by atoms with Crippen LogP contribution in [0.5, 0.6) is 0 Å². The van der Waals surface area contributed by atoms with Gasteiger partial charge in [0.05, 0.1) is 0 Å². The molecule has 0 saturated carbocycles. The molecule has 0 N–H and O–H groups in total. The summed E-state index contributed by atoms with van der Waals surface area (Å²) in [6.07, 6.45) is 8.40. The standard InChI is InChI=1S/C8H13O4.C5H8.C2H5.Hg/c1-6(9)10-4-7-5-11-8(2,3)12-7;1-2-4-5-3-1;1-2;/h7H,1,4-5H2,2-3H3;1-2H,3-5H2;1H2,2H3;. The van der Waals surface area contributed by atoms with Gasteiger partial charge in [0, 0.05) is 0 Å². The Labute approximate surface area is 134 Å². The molecule has 4 nitrogen and oxygen atoms in total. The fraction of sp³-hybridized carbons (Fsp3) is 0.800. The zero-order valence-electron chi connectivity index (χ0n) is 13.0. The minimum absolute atomic E-state index is 0.0492. The molecule has 20 heavy (non-hydrogen) atoms. The predicted molar refractivity (Wildman–Crippen MR) is 74.1 cm³/mol. The van der Waals surface area contributed by atoms with Crippen LogP contribution in [0, 0.1) is 0 Å². The minimum atomic E-state index is -0.907. The van der Waals surface area contributed by atoms with Crippen LogP contribution < -0.4 is 0 Å². The van der Waals surface area contributed by atoms with Crippen molar-refractivity contribution in [2.45, 2.75) is 59.8 Å². The number of carbonyl (C=O) groups excluding carboxylic acids is 1. The van der Waals surface area contributed by atoms with E-state index < -0.39 is 30.4 Å². The van der Waals surface area contributed by atoms with Gasteiger partial charge in [-0.2, -0.15) is 0 Å². The SMILES string of the molecule is C1=CCCC1.C[CH2][Hg][CH2]C(=O)OCC1COC(C)(C)O1. The first-order valence-electron chi connectivity index (χ1n) is 7.66. The van der Waals surface area contributed by atoms with Gasteiger partial charge in [-0.15, -0.1) is 0 Å². The molecule has 0 aromatic heterocycles. The molecule has 0 bridgehead atoms. The molecular formula is C15H26HgO4. The van der Waals surface area contributed by atoms with E-state index in [4.69, 9.17) is 14.2 Å². The van der Waals surface area contributed by atoms with Crippen molar-refractivity contribution in [3.05, 3.63) is 12.2 Å². The van der Waals surface area contributed by atoms with Gasteiger partial charge in [0.15, 0.2) is 0 Å². The van der Waals surface area contributed by atoms with Gasteiger partial charge in [-0.3, -0.25) is 0 Å². The Bertz CT molecular complexity index is 309. The summed E-state index contributed by atoms with van der Waals surface area (Å²) in [5, 5.41) is 0. The summed E-state index contributed by atoms with van der Waals surface area (Å²) < 4.78 is 18.0. The number of rotatable bonds is 5. The van der Waals surface area contributed by atoms with Crippen molar-refractivity contribution in [2.24, 2.45) is 0 Å². The van der Waals surface area contributed by atoms with Crippen molar-refractivity contribution >= 4 is 5.97 Å². The molecule has 1 fully saturated rings. The summed E-state index contributed by atoms with van der Waals surface area (Å²) >= 11 is -0.907. The predicted octanol–water partition coefficient (Wildman–Crippen LogP) is 3.35. The van der Waals surface area contributed by atoms with Crippen LogP contribution in [0.15, 0.2) is 12.2 Å². The van der Waals surface area contributed by atoms with E-state index in [1.54, 1.807) is 0 Å². The monoisotopic (exact) mass is 472 g/mol. The second-order valence-electron chi connectivity index (χ2n) is 5.64. The molecule has 112 valence electrons. The van der Waals surface area contributed by atoms with E-state index in [1.807, 2.05) is 13.8 Å². The first-order valence-corrected chi connectivity index (χ1v) is 15.4. The molecule has 1 saturated heterocycles. The van der Waals surface area contributed by atoms with Crippen LogP contribution in [0.2, 0.25) is 7.86 Å². The molecule has 0 aromatic carbocycles. The first-order chi connectivity index (χ1) is 9.53. The van der Waals surface area contributed by atoms with Crippen LogP contribution in [0.1, 0.15) is 40.0 Å². The Morgan fingerprint density at radius 1 is 1.40 bits per heavy atom. The fourth-order valence-corrected chi connectivity index (χ4v) is 5.07. The van der Waals surface area contributed by atoms with Crippen molar-refractivity contribution in [1.82, 2.24) is 0 Å². The van der Waals surface area contributed by atoms with Crippen molar-refractivity contribution in [3.8, 4) is 0 Å². The average Bonchev–Trinajstić information content (AvgIpc) is 3.07. The summed E-state index contributed by atoms with van der Waals surface area (Å²) in [6.45, 7) is 6.72. The third-order valence-electron chi connectivity index (χ3n) is 3.14. The molecule has 2 aliphatic rings. The molecule has 1 aliphatic heterocycles. The van der Waals surface area contributed by atoms with Gasteiger partial charge >= 0.3 is 103 Å². The Kier molecular flexibility index (Phi) is 8.97. The maximum atomic E-state index is 11.3. The Balaban J connectivity index is 0.000000333. The number of esters is 1. The van der Waals surface area contributed by atoms with Crippen LogP contribution in [0.4, 0.5) is 0 Å². The zero-order chi connectivity index (χ0) is 14.8. The third-order valence-corrected chi connectivity index (χ3v) is 8.85. The van der Waals surface area contributed by atoms with Gasteiger partial charge in [0.25, 0.3) is 0 Å². The molecule has 1 aliphatic carbocycles. The molecule has 2 rings (SSSR count). The summed E-state index contributed by atoms with van der Waals surface area (Å²) in [6, 6.07) is 0. The molecule has 0 amide bonds. The maximum absolute atomic E-state index is 11.3. The molecule has 1 atom stereocenters. The van der Waals surface area contributed by atoms with E-state index in [2.05, 4.69) is 19.1 Å². The van der Waals surface area contributed by atoms with E-state index in [0.29, 0.717) is 17.1 Å². The number of allylic oxidation sites excluding steroid dienone is 2. The van der Waals surface area contributed by atoms with Gasteiger partial charge in [0.1, 0.15) is 0 Å². The summed E-state index contributed by atoms with van der Waals surface area (Å²) in [5.74, 6) is -0.577. The van der Waals surface area contributed by atoms with Crippen molar-refractivity contribution < 1.29 is 43.6 Å². The second kappa shape index (κ2) is 9.90. The number of hydrogen-bond donors (Lipinski definition) is 0. The molecular weight excluding hydrogens is 445 g/mol. The van der Waals surface area contributed by atoms with Gasteiger partial charge in [-0.05, 0) is 19.3 Å².